The zero-order chi connectivity index (χ0) is 16.0. The quantitative estimate of drug-likeness (QED) is 0.594. The maximum atomic E-state index is 12.3. The topological polar surface area (TPSA) is 57.7 Å². The Morgan fingerprint density at radius 3 is 2.57 bits per heavy atom. The summed E-state index contributed by atoms with van der Waals surface area (Å²) in [7, 11) is 1.25. The molecule has 0 bridgehead atoms. The number of hydrogen-bond acceptors (Lipinski definition) is 5. The summed E-state index contributed by atoms with van der Waals surface area (Å²) < 4.78 is 50.4. The molecule has 0 aliphatic heterocycles. The van der Waals surface area contributed by atoms with Crippen molar-refractivity contribution in [2.45, 2.75) is 25.6 Å². The fourth-order valence-corrected chi connectivity index (χ4v) is 1.86. The molecule has 0 aliphatic rings. The van der Waals surface area contributed by atoms with E-state index in [9.17, 15) is 18.0 Å². The molecule has 0 amide bonds. The summed E-state index contributed by atoms with van der Waals surface area (Å²) >= 11 is 5.63. The van der Waals surface area contributed by atoms with Crippen LogP contribution in [0.15, 0.2) is 6.20 Å². The number of methoxy groups -OCH3 is 1. The number of esters is 1. The Hall–Kier alpha value is -1.70. The zero-order valence-electron chi connectivity index (χ0n) is 11.3. The number of carbonyl (C=O) groups is 1. The molecule has 0 atom stereocenters. The fourth-order valence-electron chi connectivity index (χ4n) is 1.63. The highest BCUT2D eigenvalue weighted by molar-refractivity contribution is 6.17. The summed E-state index contributed by atoms with van der Waals surface area (Å²) in [6.45, 7) is 1.82. The summed E-state index contributed by atoms with van der Waals surface area (Å²) in [5.74, 6) is -1.56. The zero-order valence-corrected chi connectivity index (χ0v) is 12.0. The molecule has 9 heteroatoms. The van der Waals surface area contributed by atoms with Crippen molar-refractivity contribution in [1.82, 2.24) is 4.98 Å². The SMILES string of the molecule is CCOC(=O)Cc1cnc(OC(F)(F)F)c(CCl)c1OC. The number of carbonyl (C=O) groups excluding carboxylic acids is 1. The van der Waals surface area contributed by atoms with Crippen molar-refractivity contribution in [2.24, 2.45) is 0 Å². The second-order valence-electron chi connectivity index (χ2n) is 3.76. The van der Waals surface area contributed by atoms with Crippen molar-refractivity contribution in [2.75, 3.05) is 13.7 Å². The normalized spacial score (nSPS) is 11.1. The van der Waals surface area contributed by atoms with Crippen LogP contribution in [0.5, 0.6) is 11.6 Å². The smallest absolute Gasteiger partial charge is 0.496 e. The molecule has 1 aromatic heterocycles. The van der Waals surface area contributed by atoms with Gasteiger partial charge in [0.05, 0.1) is 31.6 Å². The Labute approximate surface area is 124 Å². The monoisotopic (exact) mass is 327 g/mol. The first-order chi connectivity index (χ1) is 9.82. The van der Waals surface area contributed by atoms with Gasteiger partial charge in [0.1, 0.15) is 5.75 Å². The van der Waals surface area contributed by atoms with Crippen LogP contribution in [0.2, 0.25) is 0 Å². The third kappa shape index (κ3) is 4.96. The van der Waals surface area contributed by atoms with E-state index in [0.29, 0.717) is 0 Å². The number of hydrogen-bond donors (Lipinski definition) is 0. The molecule has 0 spiro atoms. The van der Waals surface area contributed by atoms with E-state index in [1.165, 1.54) is 7.11 Å². The summed E-state index contributed by atoms with van der Waals surface area (Å²) in [6, 6.07) is 0. The molecular formula is C12H13ClF3NO4. The van der Waals surface area contributed by atoms with E-state index < -0.39 is 18.2 Å². The largest absolute Gasteiger partial charge is 0.574 e. The molecule has 1 rings (SSSR count). The molecule has 0 radical (unpaired) electrons. The van der Waals surface area contributed by atoms with Crippen LogP contribution in [0.3, 0.4) is 0 Å². The summed E-state index contributed by atoms with van der Waals surface area (Å²) in [4.78, 5) is 15.0. The van der Waals surface area contributed by atoms with Gasteiger partial charge in [-0.1, -0.05) is 0 Å². The molecule has 0 fully saturated rings. The predicted octanol–water partition coefficient (Wildman–Crippen LogP) is 2.83. The lowest BCUT2D eigenvalue weighted by molar-refractivity contribution is -0.276. The lowest BCUT2D eigenvalue weighted by Crippen LogP contribution is -2.19. The highest BCUT2D eigenvalue weighted by atomic mass is 35.5. The van der Waals surface area contributed by atoms with E-state index in [4.69, 9.17) is 21.1 Å². The minimum Gasteiger partial charge on any atom is -0.496 e. The number of alkyl halides is 4. The summed E-state index contributed by atoms with van der Waals surface area (Å²) in [5.41, 5.74) is 0.180. The first-order valence-electron chi connectivity index (χ1n) is 5.84. The van der Waals surface area contributed by atoms with Crippen molar-refractivity contribution in [3.05, 3.63) is 17.3 Å². The fraction of sp³-hybridized carbons (Fsp3) is 0.500. The van der Waals surface area contributed by atoms with Crippen molar-refractivity contribution in [3.63, 3.8) is 0 Å². The van der Waals surface area contributed by atoms with Crippen molar-refractivity contribution < 1.29 is 32.2 Å². The molecule has 0 aromatic carbocycles. The average molecular weight is 328 g/mol. The molecule has 1 heterocycles. The Balaban J connectivity index is 3.16. The summed E-state index contributed by atoms with van der Waals surface area (Å²) in [5, 5.41) is 0. The molecule has 0 N–H and O–H groups in total. The predicted molar refractivity (Wildman–Crippen MR) is 67.4 cm³/mol. The Morgan fingerprint density at radius 2 is 2.10 bits per heavy atom. The van der Waals surface area contributed by atoms with E-state index in [-0.39, 0.29) is 35.8 Å². The molecule has 118 valence electrons. The second-order valence-corrected chi connectivity index (χ2v) is 4.03. The number of halogens is 4. The van der Waals surface area contributed by atoms with E-state index in [1.807, 2.05) is 0 Å². The third-order valence-electron chi connectivity index (χ3n) is 2.35. The van der Waals surface area contributed by atoms with Crippen molar-refractivity contribution >= 4 is 17.6 Å². The van der Waals surface area contributed by atoms with Crippen LogP contribution >= 0.6 is 11.6 Å². The molecule has 0 saturated heterocycles. The standard InChI is InChI=1S/C12H13ClF3NO4/c1-3-20-9(18)4-7-6-17-11(21-12(14,15)16)8(5-13)10(7)19-2/h6H,3-5H2,1-2H3. The van der Waals surface area contributed by atoms with E-state index in [1.54, 1.807) is 6.92 Å². The van der Waals surface area contributed by atoms with Crippen LogP contribution in [-0.2, 0) is 21.8 Å². The number of ether oxygens (including phenoxy) is 3. The van der Waals surface area contributed by atoms with E-state index in [0.717, 1.165) is 6.20 Å². The molecule has 0 unspecified atom stereocenters. The average Bonchev–Trinajstić information content (AvgIpc) is 2.38. The molecule has 5 nitrogen and oxygen atoms in total. The molecule has 21 heavy (non-hydrogen) atoms. The lowest BCUT2D eigenvalue weighted by Gasteiger charge is -2.16. The summed E-state index contributed by atoms with van der Waals surface area (Å²) in [6.07, 6.45) is -4.03. The minimum absolute atomic E-state index is 0.0207. The van der Waals surface area contributed by atoms with Gasteiger partial charge in [-0.25, -0.2) is 4.98 Å². The molecule has 1 aromatic rings. The first kappa shape index (κ1) is 17.4. The van der Waals surface area contributed by atoms with Crippen molar-refractivity contribution in [3.8, 4) is 11.6 Å². The van der Waals surface area contributed by atoms with E-state index >= 15 is 0 Å². The van der Waals surface area contributed by atoms with Crippen molar-refractivity contribution in [1.29, 1.82) is 0 Å². The lowest BCUT2D eigenvalue weighted by atomic mass is 10.1. The van der Waals surface area contributed by atoms with Gasteiger partial charge in [0.15, 0.2) is 0 Å². The van der Waals surface area contributed by atoms with Crippen LogP contribution in [0.25, 0.3) is 0 Å². The van der Waals surface area contributed by atoms with Crippen LogP contribution in [0, 0.1) is 0 Å². The Bertz CT molecular complexity index is 508. The number of aromatic nitrogens is 1. The van der Waals surface area contributed by atoms with Crippen LogP contribution in [-0.4, -0.2) is 31.0 Å². The van der Waals surface area contributed by atoms with Gasteiger partial charge in [-0.15, -0.1) is 24.8 Å². The van der Waals surface area contributed by atoms with Gasteiger partial charge in [-0.2, -0.15) is 0 Å². The Morgan fingerprint density at radius 1 is 1.43 bits per heavy atom. The van der Waals surface area contributed by atoms with Gasteiger partial charge in [0.25, 0.3) is 0 Å². The van der Waals surface area contributed by atoms with Gasteiger partial charge in [0.2, 0.25) is 5.88 Å². The second kappa shape index (κ2) is 7.35. The minimum atomic E-state index is -4.90. The van der Waals surface area contributed by atoms with Crippen LogP contribution in [0.4, 0.5) is 13.2 Å². The number of nitrogens with zero attached hydrogens (tertiary/aromatic N) is 1. The first-order valence-corrected chi connectivity index (χ1v) is 6.37. The number of pyridine rings is 1. The molecule has 0 aliphatic carbocycles. The highest BCUT2D eigenvalue weighted by Crippen LogP contribution is 2.34. The highest BCUT2D eigenvalue weighted by Gasteiger charge is 2.34. The van der Waals surface area contributed by atoms with Crippen LogP contribution < -0.4 is 9.47 Å². The van der Waals surface area contributed by atoms with Gasteiger partial charge in [0, 0.05) is 11.8 Å². The van der Waals surface area contributed by atoms with Gasteiger partial charge in [-0.3, -0.25) is 4.79 Å². The number of rotatable bonds is 6. The van der Waals surface area contributed by atoms with Gasteiger partial charge < -0.3 is 14.2 Å². The van der Waals surface area contributed by atoms with Crippen LogP contribution in [0.1, 0.15) is 18.1 Å². The third-order valence-corrected chi connectivity index (χ3v) is 2.62. The molecule has 0 saturated carbocycles. The maximum Gasteiger partial charge on any atom is 0.574 e. The van der Waals surface area contributed by atoms with Gasteiger partial charge >= 0.3 is 12.3 Å². The van der Waals surface area contributed by atoms with E-state index in [2.05, 4.69) is 9.72 Å². The van der Waals surface area contributed by atoms with Gasteiger partial charge in [-0.05, 0) is 6.92 Å². The maximum absolute atomic E-state index is 12.3. The molecular weight excluding hydrogens is 315 g/mol. The Kier molecular flexibility index (Phi) is 6.07.